The van der Waals surface area contributed by atoms with Crippen LogP contribution in [0.1, 0.15) is 42.6 Å². The lowest BCUT2D eigenvalue weighted by atomic mass is 10.1. The molecule has 6 heteroatoms. The highest BCUT2D eigenvalue weighted by Crippen LogP contribution is 2.11. The average molecular weight is 278 g/mol. The van der Waals surface area contributed by atoms with Gasteiger partial charge in [-0.2, -0.15) is 5.10 Å². The summed E-state index contributed by atoms with van der Waals surface area (Å²) in [6, 6.07) is -0.382. The lowest BCUT2D eigenvalue weighted by molar-refractivity contribution is -0.128. The largest absolute Gasteiger partial charge is 0.354 e. The van der Waals surface area contributed by atoms with E-state index in [1.807, 2.05) is 13.8 Å². The van der Waals surface area contributed by atoms with Crippen LogP contribution in [-0.2, 0) is 16.0 Å². The highest BCUT2D eigenvalue weighted by Gasteiger charge is 2.22. The second-order valence-corrected chi connectivity index (χ2v) is 5.33. The van der Waals surface area contributed by atoms with Crippen molar-refractivity contribution in [3.05, 3.63) is 17.0 Å². The molecule has 2 rings (SSSR count). The van der Waals surface area contributed by atoms with Gasteiger partial charge in [0.15, 0.2) is 0 Å². The number of aryl methyl sites for hydroxylation is 2. The normalized spacial score (nSPS) is 19.3. The fourth-order valence-electron chi connectivity index (χ4n) is 2.35. The lowest BCUT2D eigenvalue weighted by Gasteiger charge is -2.14. The van der Waals surface area contributed by atoms with E-state index in [1.54, 1.807) is 0 Å². The van der Waals surface area contributed by atoms with Crippen molar-refractivity contribution >= 4 is 11.8 Å². The van der Waals surface area contributed by atoms with E-state index in [-0.39, 0.29) is 17.9 Å². The number of hydrogen-bond acceptors (Lipinski definition) is 3. The molecule has 6 nitrogen and oxygen atoms in total. The number of aromatic amines is 1. The zero-order chi connectivity index (χ0) is 14.5. The summed E-state index contributed by atoms with van der Waals surface area (Å²) in [7, 11) is 0. The Kier molecular flexibility index (Phi) is 4.76. The fraction of sp³-hybridized carbons (Fsp3) is 0.643. The molecule has 2 heterocycles. The molecule has 20 heavy (non-hydrogen) atoms. The number of nitrogens with zero attached hydrogens (tertiary/aromatic N) is 1. The zero-order valence-electron chi connectivity index (χ0n) is 12.1. The van der Waals surface area contributed by atoms with Crippen LogP contribution in [-0.4, -0.2) is 34.6 Å². The number of rotatable bonds is 4. The second kappa shape index (κ2) is 6.54. The fourth-order valence-corrected chi connectivity index (χ4v) is 2.35. The Labute approximate surface area is 118 Å². The molecule has 0 aromatic carbocycles. The molecule has 0 spiro atoms. The van der Waals surface area contributed by atoms with Gasteiger partial charge in [-0.25, -0.2) is 0 Å². The molecular weight excluding hydrogens is 256 g/mol. The molecule has 0 saturated carbocycles. The maximum absolute atomic E-state index is 11.9. The highest BCUT2D eigenvalue weighted by atomic mass is 16.2. The number of aromatic nitrogens is 2. The van der Waals surface area contributed by atoms with E-state index in [2.05, 4.69) is 20.8 Å². The molecule has 1 saturated heterocycles. The minimum Gasteiger partial charge on any atom is -0.354 e. The van der Waals surface area contributed by atoms with Gasteiger partial charge in [-0.05, 0) is 38.7 Å². The van der Waals surface area contributed by atoms with E-state index in [0.717, 1.165) is 36.2 Å². The molecule has 1 fully saturated rings. The lowest BCUT2D eigenvalue weighted by Crippen LogP contribution is -2.45. The molecule has 1 aliphatic rings. The molecule has 0 radical (unpaired) electrons. The van der Waals surface area contributed by atoms with Crippen molar-refractivity contribution in [3.8, 4) is 0 Å². The van der Waals surface area contributed by atoms with Gasteiger partial charge in [0.1, 0.15) is 6.04 Å². The summed E-state index contributed by atoms with van der Waals surface area (Å²) in [5.41, 5.74) is 3.05. The van der Waals surface area contributed by atoms with Crippen LogP contribution in [0.25, 0.3) is 0 Å². The van der Waals surface area contributed by atoms with E-state index >= 15 is 0 Å². The van der Waals surface area contributed by atoms with E-state index in [0.29, 0.717) is 19.4 Å². The molecule has 110 valence electrons. The third-order valence-corrected chi connectivity index (χ3v) is 3.81. The van der Waals surface area contributed by atoms with Crippen LogP contribution in [0, 0.1) is 13.8 Å². The molecule has 1 aliphatic heterocycles. The SMILES string of the molecule is Cc1[nH]nc(CCC(=O)N[C@@H]2CCCCNC2=O)c1C. The maximum Gasteiger partial charge on any atom is 0.242 e. The molecule has 2 amide bonds. The van der Waals surface area contributed by atoms with Crippen molar-refractivity contribution in [3.63, 3.8) is 0 Å². The van der Waals surface area contributed by atoms with E-state index in [9.17, 15) is 9.59 Å². The van der Waals surface area contributed by atoms with E-state index in [4.69, 9.17) is 0 Å². The quantitative estimate of drug-likeness (QED) is 0.759. The molecule has 0 unspecified atom stereocenters. The summed E-state index contributed by atoms with van der Waals surface area (Å²) < 4.78 is 0. The zero-order valence-corrected chi connectivity index (χ0v) is 12.1. The smallest absolute Gasteiger partial charge is 0.242 e. The molecule has 3 N–H and O–H groups in total. The van der Waals surface area contributed by atoms with Gasteiger partial charge in [0.05, 0.1) is 5.69 Å². The van der Waals surface area contributed by atoms with Crippen molar-refractivity contribution < 1.29 is 9.59 Å². The summed E-state index contributed by atoms with van der Waals surface area (Å²) in [5, 5.41) is 12.7. The molecule has 0 aliphatic carbocycles. The number of amides is 2. The highest BCUT2D eigenvalue weighted by molar-refractivity contribution is 5.87. The topological polar surface area (TPSA) is 86.9 Å². The predicted molar refractivity (Wildman–Crippen MR) is 75.2 cm³/mol. The van der Waals surface area contributed by atoms with Gasteiger partial charge in [-0.15, -0.1) is 0 Å². The molecule has 1 aromatic heterocycles. The van der Waals surface area contributed by atoms with Crippen molar-refractivity contribution in [2.24, 2.45) is 0 Å². The monoisotopic (exact) mass is 278 g/mol. The summed E-state index contributed by atoms with van der Waals surface area (Å²) in [4.78, 5) is 23.7. The minimum absolute atomic E-state index is 0.0670. The number of hydrogen-bond donors (Lipinski definition) is 3. The average Bonchev–Trinajstić information content (AvgIpc) is 2.61. The minimum atomic E-state index is -0.382. The van der Waals surface area contributed by atoms with Gasteiger partial charge in [-0.1, -0.05) is 0 Å². The summed E-state index contributed by atoms with van der Waals surface area (Å²) in [5.74, 6) is -0.158. The van der Waals surface area contributed by atoms with E-state index < -0.39 is 0 Å². The van der Waals surface area contributed by atoms with Crippen LogP contribution < -0.4 is 10.6 Å². The molecule has 1 aromatic rings. The van der Waals surface area contributed by atoms with Gasteiger partial charge in [0, 0.05) is 25.1 Å². The Hall–Kier alpha value is -1.85. The van der Waals surface area contributed by atoms with Gasteiger partial charge in [0.2, 0.25) is 11.8 Å². The van der Waals surface area contributed by atoms with Gasteiger partial charge in [0.25, 0.3) is 0 Å². The third-order valence-electron chi connectivity index (χ3n) is 3.81. The van der Waals surface area contributed by atoms with Crippen LogP contribution in [0.15, 0.2) is 0 Å². The first kappa shape index (κ1) is 14.6. The van der Waals surface area contributed by atoms with Crippen molar-refractivity contribution in [2.75, 3.05) is 6.54 Å². The van der Waals surface area contributed by atoms with Crippen LogP contribution in [0.2, 0.25) is 0 Å². The Morgan fingerprint density at radius 2 is 2.20 bits per heavy atom. The Balaban J connectivity index is 1.83. The predicted octanol–water partition coefficient (Wildman–Crippen LogP) is 0.744. The summed E-state index contributed by atoms with van der Waals surface area (Å²) >= 11 is 0. The van der Waals surface area contributed by atoms with E-state index in [1.165, 1.54) is 0 Å². The van der Waals surface area contributed by atoms with Crippen molar-refractivity contribution in [2.45, 2.75) is 52.0 Å². The van der Waals surface area contributed by atoms with Gasteiger partial charge < -0.3 is 10.6 Å². The second-order valence-electron chi connectivity index (χ2n) is 5.33. The van der Waals surface area contributed by atoms with Crippen LogP contribution in [0.4, 0.5) is 0 Å². The molecule has 0 bridgehead atoms. The Morgan fingerprint density at radius 3 is 2.90 bits per heavy atom. The van der Waals surface area contributed by atoms with Crippen molar-refractivity contribution in [1.82, 2.24) is 20.8 Å². The van der Waals surface area contributed by atoms with Crippen LogP contribution >= 0.6 is 0 Å². The Morgan fingerprint density at radius 1 is 1.40 bits per heavy atom. The van der Waals surface area contributed by atoms with Gasteiger partial charge >= 0.3 is 0 Å². The first-order chi connectivity index (χ1) is 9.58. The molecular formula is C14H22N4O2. The Bertz CT molecular complexity index is 495. The maximum atomic E-state index is 11.9. The standard InChI is InChI=1S/C14H22N4O2/c1-9-10(2)17-18-11(9)6-7-13(19)16-12-5-3-4-8-15-14(12)20/h12H,3-8H2,1-2H3,(H,15,20)(H,16,19)(H,17,18)/t12-/m1/s1. The summed E-state index contributed by atoms with van der Waals surface area (Å²) in [6.07, 6.45) is 3.61. The summed E-state index contributed by atoms with van der Waals surface area (Å²) in [6.45, 7) is 4.66. The first-order valence-electron chi connectivity index (χ1n) is 7.15. The molecule has 1 atom stereocenters. The van der Waals surface area contributed by atoms with Crippen LogP contribution in [0.5, 0.6) is 0 Å². The number of H-pyrrole nitrogens is 1. The first-order valence-corrected chi connectivity index (χ1v) is 7.15. The van der Waals surface area contributed by atoms with Gasteiger partial charge in [-0.3, -0.25) is 14.7 Å². The number of nitrogens with one attached hydrogen (secondary N) is 3. The van der Waals surface area contributed by atoms with Crippen molar-refractivity contribution in [1.29, 1.82) is 0 Å². The van der Waals surface area contributed by atoms with Crippen LogP contribution in [0.3, 0.4) is 0 Å². The third kappa shape index (κ3) is 3.59. The number of carbonyl (C=O) groups is 2. The number of carbonyl (C=O) groups excluding carboxylic acids is 2.